The Balaban J connectivity index is 2.58. The number of rotatable bonds is 7. The fourth-order valence-corrected chi connectivity index (χ4v) is 5.47. The molecule has 0 unspecified atom stereocenters. The molecule has 0 aromatic carbocycles. The van der Waals surface area contributed by atoms with Gasteiger partial charge in [-0.2, -0.15) is 4.98 Å². The molecule has 34 heavy (non-hydrogen) atoms. The van der Waals surface area contributed by atoms with E-state index in [9.17, 15) is 9.18 Å². The van der Waals surface area contributed by atoms with Crippen molar-refractivity contribution in [1.29, 1.82) is 0 Å². The molecule has 2 heterocycles. The number of nitrogens with two attached hydrogens (primary N) is 1. The van der Waals surface area contributed by atoms with Gasteiger partial charge in [-0.25, -0.2) is 13.6 Å². The Bertz CT molecular complexity index is 972. The topological polar surface area (TPSA) is 88.6 Å². The Morgan fingerprint density at radius 2 is 1.74 bits per heavy atom. The van der Waals surface area contributed by atoms with Gasteiger partial charge in [0.25, 0.3) is 0 Å². The predicted molar refractivity (Wildman–Crippen MR) is 136 cm³/mol. The third-order valence-corrected chi connectivity index (χ3v) is 16.6. The first-order valence-electron chi connectivity index (χ1n) is 11.5. The van der Waals surface area contributed by atoms with Crippen molar-refractivity contribution >= 4 is 22.5 Å². The van der Waals surface area contributed by atoms with Crippen molar-refractivity contribution in [3.8, 4) is 0 Å². The number of aromatic nitrogens is 2. The monoisotopic (exact) mass is 517 g/mol. The van der Waals surface area contributed by atoms with Crippen molar-refractivity contribution in [3.05, 3.63) is 35.2 Å². The number of nitrogen functional groups attached to an aromatic ring is 1. The Morgan fingerprint density at radius 3 is 2.21 bits per heavy atom. The van der Waals surface area contributed by atoms with Crippen molar-refractivity contribution in [2.45, 2.75) is 102 Å². The molecule has 0 amide bonds. The van der Waals surface area contributed by atoms with Crippen molar-refractivity contribution in [1.82, 2.24) is 9.55 Å². The summed E-state index contributed by atoms with van der Waals surface area (Å²) in [5, 5.41) is -0.317. The molecule has 0 spiro atoms. The molecule has 194 valence electrons. The van der Waals surface area contributed by atoms with E-state index in [-0.39, 0.29) is 16.7 Å². The number of nitrogens with zero attached hydrogens (tertiary/aromatic N) is 2. The smallest absolute Gasteiger partial charge is 0.351 e. The quantitative estimate of drug-likeness (QED) is 0.397. The highest BCUT2D eigenvalue weighted by molar-refractivity contribution is 6.74. The van der Waals surface area contributed by atoms with E-state index in [4.69, 9.17) is 19.3 Å². The average molecular weight is 518 g/mol. The second-order valence-electron chi connectivity index (χ2n) is 12.1. The zero-order valence-corrected chi connectivity index (χ0v) is 24.2. The van der Waals surface area contributed by atoms with E-state index < -0.39 is 58.1 Å². The van der Waals surface area contributed by atoms with Gasteiger partial charge in [0, 0.05) is 0 Å². The second-order valence-corrected chi connectivity index (χ2v) is 21.7. The SMILES string of the molecule is C=C[C@]1(CO[Si](C)(C)C(C)(C)C)O[C@@H](n2cc(F)c(N)nc2=O)[C@@H](F)[C@@H]1O[Si](C)(C)C(C)(C)C. The van der Waals surface area contributed by atoms with Crippen LogP contribution in [-0.4, -0.2) is 50.7 Å². The Labute approximate surface area is 204 Å². The van der Waals surface area contributed by atoms with Crippen molar-refractivity contribution < 1.29 is 22.4 Å². The molecule has 1 aromatic rings. The summed E-state index contributed by atoms with van der Waals surface area (Å²) in [5.41, 5.74) is 3.10. The van der Waals surface area contributed by atoms with Crippen LogP contribution in [0.15, 0.2) is 23.6 Å². The minimum Gasteiger partial charge on any atom is -0.413 e. The highest BCUT2D eigenvalue weighted by Crippen LogP contribution is 2.47. The van der Waals surface area contributed by atoms with Crippen LogP contribution in [-0.2, 0) is 13.6 Å². The number of halogens is 2. The van der Waals surface area contributed by atoms with Crippen LogP contribution < -0.4 is 11.4 Å². The first kappa shape index (κ1) is 28.8. The first-order chi connectivity index (χ1) is 15.2. The van der Waals surface area contributed by atoms with Crippen LogP contribution in [0.2, 0.25) is 36.3 Å². The molecule has 1 aliphatic rings. The summed E-state index contributed by atoms with van der Waals surface area (Å²) in [5.74, 6) is -1.49. The lowest BCUT2D eigenvalue weighted by molar-refractivity contribution is -0.0936. The van der Waals surface area contributed by atoms with Crippen LogP contribution in [0, 0.1) is 5.82 Å². The molecule has 7 nitrogen and oxygen atoms in total. The third-order valence-electron chi connectivity index (χ3n) is 7.63. The molecule has 0 radical (unpaired) electrons. The molecule has 0 aliphatic carbocycles. The van der Waals surface area contributed by atoms with Gasteiger partial charge in [-0.3, -0.25) is 4.57 Å². The maximum absolute atomic E-state index is 16.1. The molecule has 4 atom stereocenters. The third kappa shape index (κ3) is 5.38. The molecule has 2 rings (SSSR count). The molecule has 1 aliphatic heterocycles. The largest absolute Gasteiger partial charge is 0.413 e. The lowest BCUT2D eigenvalue weighted by Gasteiger charge is -2.44. The van der Waals surface area contributed by atoms with Crippen molar-refractivity contribution in [3.63, 3.8) is 0 Å². The maximum atomic E-state index is 16.1. The van der Waals surface area contributed by atoms with Gasteiger partial charge >= 0.3 is 5.69 Å². The number of hydrogen-bond acceptors (Lipinski definition) is 6. The first-order valence-corrected chi connectivity index (χ1v) is 17.3. The van der Waals surface area contributed by atoms with Gasteiger partial charge in [-0.05, 0) is 36.3 Å². The van der Waals surface area contributed by atoms with Gasteiger partial charge in [0.05, 0.1) is 12.8 Å². The van der Waals surface area contributed by atoms with Crippen LogP contribution in [0.25, 0.3) is 0 Å². The second kappa shape index (κ2) is 9.23. The van der Waals surface area contributed by atoms with E-state index in [0.717, 1.165) is 10.8 Å². The number of anilines is 1. The van der Waals surface area contributed by atoms with Crippen molar-refractivity contribution in [2.75, 3.05) is 12.3 Å². The van der Waals surface area contributed by atoms with Crippen LogP contribution in [0.5, 0.6) is 0 Å². The summed E-state index contributed by atoms with van der Waals surface area (Å²) < 4.78 is 50.2. The molecule has 1 aromatic heterocycles. The molecule has 0 bridgehead atoms. The summed E-state index contributed by atoms with van der Waals surface area (Å²) in [6, 6.07) is 0. The Morgan fingerprint density at radius 1 is 1.21 bits per heavy atom. The number of hydrogen-bond donors (Lipinski definition) is 1. The van der Waals surface area contributed by atoms with Crippen molar-refractivity contribution in [2.24, 2.45) is 0 Å². The van der Waals surface area contributed by atoms with Crippen LogP contribution in [0.4, 0.5) is 14.6 Å². The zero-order valence-electron chi connectivity index (χ0n) is 22.2. The minimum atomic E-state index is -2.50. The Kier molecular flexibility index (Phi) is 7.83. The average Bonchev–Trinajstić information content (AvgIpc) is 2.94. The van der Waals surface area contributed by atoms with Gasteiger partial charge in [0.2, 0.25) is 0 Å². The fraction of sp³-hybridized carbons (Fsp3) is 0.739. The molecule has 1 fully saturated rings. The van der Waals surface area contributed by atoms with Gasteiger partial charge < -0.3 is 19.3 Å². The van der Waals surface area contributed by atoms with Crippen LogP contribution in [0.1, 0.15) is 47.8 Å². The van der Waals surface area contributed by atoms with Gasteiger partial charge in [-0.15, -0.1) is 6.58 Å². The fourth-order valence-electron chi connectivity index (χ4n) is 3.13. The number of ether oxygens (including phenoxy) is 1. The van der Waals surface area contributed by atoms with E-state index >= 15 is 4.39 Å². The summed E-state index contributed by atoms with van der Waals surface area (Å²) in [4.78, 5) is 16.0. The van der Waals surface area contributed by atoms with E-state index in [2.05, 4.69) is 45.4 Å². The molecule has 11 heteroatoms. The predicted octanol–water partition coefficient (Wildman–Crippen LogP) is 5.17. The van der Waals surface area contributed by atoms with Crippen LogP contribution in [0.3, 0.4) is 0 Å². The molecule has 2 N–H and O–H groups in total. The normalized spacial score (nSPS) is 26.6. The molecular formula is C23H41F2N3O4Si2. The summed E-state index contributed by atoms with van der Waals surface area (Å²) in [6.45, 7) is 24.5. The minimum absolute atomic E-state index is 0.0111. The number of alkyl halides is 1. The standard InChI is InChI=1S/C23H41F2N3O4Si2/c1-12-23(14-30-33(8,9)21(2,3)4)17(32-34(10,11)22(5,6)7)16(25)19(31-23)28-13-15(24)18(26)27-20(28)29/h12-13,16-17,19H,1,14H2,2-11H3,(H2,26,27,29)/t16-,17-,19+,23+/m0/s1. The highest BCUT2D eigenvalue weighted by atomic mass is 28.4. The lowest BCUT2D eigenvalue weighted by Crippen LogP contribution is -2.55. The Hall–Kier alpha value is -1.41. The molecular weight excluding hydrogens is 476 g/mol. The lowest BCUT2D eigenvalue weighted by atomic mass is 9.97. The van der Waals surface area contributed by atoms with E-state index in [1.165, 1.54) is 6.08 Å². The van der Waals surface area contributed by atoms with E-state index in [1.54, 1.807) is 0 Å². The van der Waals surface area contributed by atoms with E-state index in [1.807, 2.05) is 33.9 Å². The van der Waals surface area contributed by atoms with E-state index in [0.29, 0.717) is 0 Å². The van der Waals surface area contributed by atoms with Gasteiger partial charge in [0.15, 0.2) is 40.7 Å². The highest BCUT2D eigenvalue weighted by Gasteiger charge is 2.59. The van der Waals surface area contributed by atoms with Gasteiger partial charge in [-0.1, -0.05) is 47.6 Å². The maximum Gasteiger partial charge on any atom is 0.351 e. The summed E-state index contributed by atoms with van der Waals surface area (Å²) >= 11 is 0. The molecule has 1 saturated heterocycles. The van der Waals surface area contributed by atoms with Crippen LogP contribution >= 0.6 is 0 Å². The van der Waals surface area contributed by atoms with Gasteiger partial charge in [0.1, 0.15) is 11.7 Å². The summed E-state index contributed by atoms with van der Waals surface area (Å²) in [6.07, 6.45) is -2.10. The summed E-state index contributed by atoms with van der Waals surface area (Å²) in [7, 11) is -4.76. The molecule has 0 saturated carbocycles. The zero-order chi connectivity index (χ0) is 26.5.